The van der Waals surface area contributed by atoms with Gasteiger partial charge in [0.05, 0.1) is 13.2 Å². The van der Waals surface area contributed by atoms with Crippen molar-refractivity contribution in [1.82, 2.24) is 5.32 Å². The van der Waals surface area contributed by atoms with Crippen LogP contribution in [0.3, 0.4) is 0 Å². The van der Waals surface area contributed by atoms with E-state index in [1.165, 1.54) is 18.4 Å². The quantitative estimate of drug-likeness (QED) is 0.702. The minimum Gasteiger partial charge on any atom is -0.490 e. The van der Waals surface area contributed by atoms with Crippen LogP contribution < -0.4 is 14.8 Å². The Hall–Kier alpha value is -1.22. The van der Waals surface area contributed by atoms with Crippen LogP contribution in [-0.4, -0.2) is 19.8 Å². The van der Waals surface area contributed by atoms with Crippen LogP contribution >= 0.6 is 0 Å². The van der Waals surface area contributed by atoms with E-state index < -0.39 is 0 Å². The lowest BCUT2D eigenvalue weighted by atomic mass is 10.1. The molecule has 3 nitrogen and oxygen atoms in total. The van der Waals surface area contributed by atoms with E-state index in [1.807, 2.05) is 19.1 Å². The van der Waals surface area contributed by atoms with Crippen LogP contribution in [0.1, 0.15) is 46.1 Å². The summed E-state index contributed by atoms with van der Waals surface area (Å²) < 4.78 is 11.8. The molecule has 1 aromatic carbocycles. The Balaban J connectivity index is 2.80. The Morgan fingerprint density at radius 2 is 1.95 bits per heavy atom. The molecular weight excluding hydrogens is 250 g/mol. The molecule has 0 aliphatic rings. The van der Waals surface area contributed by atoms with Crippen molar-refractivity contribution in [2.24, 2.45) is 5.92 Å². The van der Waals surface area contributed by atoms with E-state index in [9.17, 15) is 0 Å². The molecule has 0 aliphatic carbocycles. The minimum absolute atomic E-state index is 0.571. The van der Waals surface area contributed by atoms with E-state index in [1.54, 1.807) is 0 Å². The Morgan fingerprint density at radius 1 is 1.15 bits per heavy atom. The second kappa shape index (κ2) is 9.65. The van der Waals surface area contributed by atoms with E-state index in [4.69, 9.17) is 9.47 Å². The Bertz CT molecular complexity index is 379. The molecule has 1 rings (SSSR count). The van der Waals surface area contributed by atoms with Gasteiger partial charge in [0.25, 0.3) is 0 Å². The summed E-state index contributed by atoms with van der Waals surface area (Å²) >= 11 is 0. The summed E-state index contributed by atoms with van der Waals surface area (Å²) in [5.41, 5.74) is 1.17. The lowest BCUT2D eigenvalue weighted by Crippen LogP contribution is -2.15. The molecule has 0 saturated heterocycles. The highest BCUT2D eigenvalue weighted by Gasteiger charge is 2.12. The summed E-state index contributed by atoms with van der Waals surface area (Å²) in [6, 6.07) is 6.11. The maximum absolute atomic E-state index is 6.07. The van der Waals surface area contributed by atoms with Gasteiger partial charge < -0.3 is 14.8 Å². The van der Waals surface area contributed by atoms with Gasteiger partial charge in [-0.3, -0.25) is 0 Å². The SMILES string of the molecule is CCCC(C)COc1c(CNCC)cccc1OCC. The van der Waals surface area contributed by atoms with Crippen molar-refractivity contribution in [3.8, 4) is 11.5 Å². The largest absolute Gasteiger partial charge is 0.490 e. The second-order valence-corrected chi connectivity index (χ2v) is 5.16. The summed E-state index contributed by atoms with van der Waals surface area (Å²) in [7, 11) is 0. The van der Waals surface area contributed by atoms with Gasteiger partial charge in [0.15, 0.2) is 11.5 Å². The van der Waals surface area contributed by atoms with Crippen LogP contribution in [0.4, 0.5) is 0 Å². The first-order chi connectivity index (χ1) is 9.72. The summed E-state index contributed by atoms with van der Waals surface area (Å²) in [6.07, 6.45) is 2.39. The van der Waals surface area contributed by atoms with E-state index in [0.29, 0.717) is 12.5 Å². The van der Waals surface area contributed by atoms with Crippen LogP contribution in [0.25, 0.3) is 0 Å². The smallest absolute Gasteiger partial charge is 0.165 e. The van der Waals surface area contributed by atoms with Crippen LogP contribution in [0.2, 0.25) is 0 Å². The van der Waals surface area contributed by atoms with Crippen LogP contribution in [-0.2, 0) is 6.54 Å². The highest BCUT2D eigenvalue weighted by atomic mass is 16.5. The number of nitrogens with one attached hydrogen (secondary N) is 1. The maximum Gasteiger partial charge on any atom is 0.165 e. The van der Waals surface area contributed by atoms with E-state index >= 15 is 0 Å². The third-order valence-corrected chi connectivity index (χ3v) is 3.22. The number of hydrogen-bond acceptors (Lipinski definition) is 3. The van der Waals surface area contributed by atoms with Crippen molar-refractivity contribution >= 4 is 0 Å². The van der Waals surface area contributed by atoms with Crippen molar-refractivity contribution < 1.29 is 9.47 Å². The molecule has 0 radical (unpaired) electrons. The summed E-state index contributed by atoms with van der Waals surface area (Å²) in [4.78, 5) is 0. The fraction of sp³-hybridized carbons (Fsp3) is 0.647. The van der Waals surface area contributed by atoms with Crippen molar-refractivity contribution in [3.63, 3.8) is 0 Å². The van der Waals surface area contributed by atoms with Gasteiger partial charge in [-0.2, -0.15) is 0 Å². The topological polar surface area (TPSA) is 30.5 Å². The molecule has 1 N–H and O–H groups in total. The summed E-state index contributed by atoms with van der Waals surface area (Å²) in [6.45, 7) is 11.7. The molecule has 0 bridgehead atoms. The zero-order chi connectivity index (χ0) is 14.8. The van der Waals surface area contributed by atoms with Gasteiger partial charge in [-0.15, -0.1) is 0 Å². The molecule has 0 fully saturated rings. The molecule has 1 aromatic rings. The van der Waals surface area contributed by atoms with Gasteiger partial charge in [-0.1, -0.05) is 39.3 Å². The normalized spacial score (nSPS) is 12.2. The van der Waals surface area contributed by atoms with E-state index in [0.717, 1.165) is 31.2 Å². The first-order valence-corrected chi connectivity index (χ1v) is 7.81. The Labute approximate surface area is 123 Å². The van der Waals surface area contributed by atoms with Gasteiger partial charge in [-0.05, 0) is 31.9 Å². The average Bonchev–Trinajstić information content (AvgIpc) is 2.44. The average molecular weight is 279 g/mol. The second-order valence-electron chi connectivity index (χ2n) is 5.16. The molecule has 3 heteroatoms. The Kier molecular flexibility index (Phi) is 8.12. The number of para-hydroxylation sites is 1. The molecule has 0 amide bonds. The maximum atomic E-state index is 6.07. The van der Waals surface area contributed by atoms with Crippen molar-refractivity contribution in [3.05, 3.63) is 23.8 Å². The number of ether oxygens (including phenoxy) is 2. The van der Waals surface area contributed by atoms with Crippen molar-refractivity contribution in [2.45, 2.75) is 47.1 Å². The molecule has 20 heavy (non-hydrogen) atoms. The third-order valence-electron chi connectivity index (χ3n) is 3.22. The zero-order valence-corrected chi connectivity index (χ0v) is 13.4. The molecule has 0 aromatic heterocycles. The fourth-order valence-electron chi connectivity index (χ4n) is 2.19. The molecule has 0 spiro atoms. The van der Waals surface area contributed by atoms with Crippen LogP contribution in [0, 0.1) is 5.92 Å². The van der Waals surface area contributed by atoms with Gasteiger partial charge in [0.2, 0.25) is 0 Å². The third kappa shape index (κ3) is 5.41. The predicted octanol–water partition coefficient (Wildman–Crippen LogP) is 4.01. The standard InChI is InChI=1S/C17H29NO2/c1-5-9-14(4)13-20-17-15(12-18-6-2)10-8-11-16(17)19-7-3/h8,10-11,14,18H,5-7,9,12-13H2,1-4H3. The van der Waals surface area contributed by atoms with Crippen molar-refractivity contribution in [2.75, 3.05) is 19.8 Å². The molecular formula is C17H29NO2. The van der Waals surface area contributed by atoms with Gasteiger partial charge in [0, 0.05) is 12.1 Å². The van der Waals surface area contributed by atoms with Crippen LogP contribution in [0.15, 0.2) is 18.2 Å². The monoisotopic (exact) mass is 279 g/mol. The fourth-order valence-corrected chi connectivity index (χ4v) is 2.19. The Morgan fingerprint density at radius 3 is 2.60 bits per heavy atom. The van der Waals surface area contributed by atoms with Crippen LogP contribution in [0.5, 0.6) is 11.5 Å². The molecule has 0 heterocycles. The molecule has 1 unspecified atom stereocenters. The first kappa shape index (κ1) is 16.8. The number of hydrogen-bond donors (Lipinski definition) is 1. The molecule has 0 saturated carbocycles. The van der Waals surface area contributed by atoms with Gasteiger partial charge in [-0.25, -0.2) is 0 Å². The van der Waals surface area contributed by atoms with E-state index in [2.05, 4.69) is 32.2 Å². The summed E-state index contributed by atoms with van der Waals surface area (Å²) in [5.74, 6) is 2.33. The van der Waals surface area contributed by atoms with Gasteiger partial charge in [0.1, 0.15) is 0 Å². The minimum atomic E-state index is 0.571. The number of benzene rings is 1. The molecule has 0 aliphatic heterocycles. The highest BCUT2D eigenvalue weighted by molar-refractivity contribution is 5.46. The zero-order valence-electron chi connectivity index (χ0n) is 13.4. The predicted molar refractivity (Wildman–Crippen MR) is 84.6 cm³/mol. The lowest BCUT2D eigenvalue weighted by molar-refractivity contribution is 0.231. The lowest BCUT2D eigenvalue weighted by Gasteiger charge is -2.18. The molecule has 114 valence electrons. The molecule has 1 atom stereocenters. The van der Waals surface area contributed by atoms with E-state index in [-0.39, 0.29) is 0 Å². The first-order valence-electron chi connectivity index (χ1n) is 7.81. The summed E-state index contributed by atoms with van der Waals surface area (Å²) in [5, 5.41) is 3.35. The van der Waals surface area contributed by atoms with Crippen molar-refractivity contribution in [1.29, 1.82) is 0 Å². The number of rotatable bonds is 10. The van der Waals surface area contributed by atoms with Gasteiger partial charge >= 0.3 is 0 Å². The highest BCUT2D eigenvalue weighted by Crippen LogP contribution is 2.32.